The minimum absolute atomic E-state index is 0.0772. The number of nitrogens with zero attached hydrogens (tertiary/aromatic N) is 1. The molecule has 3 heteroatoms. The van der Waals surface area contributed by atoms with Crippen LogP contribution in [0.1, 0.15) is 33.6 Å². The molecule has 0 aromatic carbocycles. The van der Waals surface area contributed by atoms with Gasteiger partial charge in [-0.1, -0.05) is 27.2 Å². The molecular weight excluding hydrogens is 210 g/mol. The lowest BCUT2D eigenvalue weighted by atomic mass is 9.92. The van der Waals surface area contributed by atoms with Crippen LogP contribution in [0.5, 0.6) is 0 Å². The number of alkyl halides is 1. The third-order valence-electron chi connectivity index (χ3n) is 3.90. The monoisotopic (exact) mass is 229 g/mol. The maximum atomic E-state index is 12.1. The summed E-state index contributed by atoms with van der Waals surface area (Å²) in [6.07, 6.45) is 2.23. The number of rotatable bonds is 2. The van der Waals surface area contributed by atoms with E-state index in [1.54, 1.807) is 0 Å². The van der Waals surface area contributed by atoms with E-state index in [0.29, 0.717) is 17.7 Å². The van der Waals surface area contributed by atoms with Crippen LogP contribution >= 0.6 is 11.6 Å². The predicted molar refractivity (Wildman–Crippen MR) is 61.9 cm³/mol. The first-order chi connectivity index (χ1) is 6.95. The Morgan fingerprint density at radius 1 is 1.53 bits per heavy atom. The molecule has 1 aliphatic carbocycles. The number of hydrogen-bond donors (Lipinski definition) is 0. The standard InChI is InChI=1S/C12H20ClNO/c1-4-8-5-9(8)11(15)14-6-10(13)12(2,3)7-14/h8-10H,4-7H2,1-3H3/t8-,9-,10?/m1/s1. The van der Waals surface area contributed by atoms with Crippen molar-refractivity contribution in [2.24, 2.45) is 17.3 Å². The van der Waals surface area contributed by atoms with E-state index >= 15 is 0 Å². The summed E-state index contributed by atoms with van der Waals surface area (Å²) < 4.78 is 0. The van der Waals surface area contributed by atoms with E-state index in [1.807, 2.05) is 4.90 Å². The summed E-state index contributed by atoms with van der Waals surface area (Å²) in [5, 5.41) is 0.111. The average molecular weight is 230 g/mol. The van der Waals surface area contributed by atoms with Crippen molar-refractivity contribution in [1.29, 1.82) is 0 Å². The van der Waals surface area contributed by atoms with Gasteiger partial charge in [0.1, 0.15) is 0 Å². The first kappa shape index (κ1) is 11.3. The van der Waals surface area contributed by atoms with Crippen molar-refractivity contribution in [1.82, 2.24) is 4.90 Å². The fourth-order valence-electron chi connectivity index (χ4n) is 2.50. The summed E-state index contributed by atoms with van der Waals surface area (Å²) in [5.74, 6) is 1.31. The van der Waals surface area contributed by atoms with Gasteiger partial charge in [0.2, 0.25) is 5.91 Å². The van der Waals surface area contributed by atoms with Gasteiger partial charge in [-0.05, 0) is 12.3 Å². The van der Waals surface area contributed by atoms with Gasteiger partial charge in [-0.2, -0.15) is 0 Å². The largest absolute Gasteiger partial charge is 0.340 e. The number of amides is 1. The number of hydrogen-bond acceptors (Lipinski definition) is 1. The third-order valence-corrected chi connectivity index (χ3v) is 4.63. The smallest absolute Gasteiger partial charge is 0.226 e. The average Bonchev–Trinajstić information content (AvgIpc) is 2.88. The van der Waals surface area contributed by atoms with Gasteiger partial charge < -0.3 is 4.90 Å². The molecule has 1 heterocycles. The fraction of sp³-hybridized carbons (Fsp3) is 0.917. The van der Waals surface area contributed by atoms with Crippen LogP contribution in [0.25, 0.3) is 0 Å². The molecule has 0 spiro atoms. The van der Waals surface area contributed by atoms with E-state index in [-0.39, 0.29) is 10.8 Å². The number of carbonyl (C=O) groups excluding carboxylic acids is 1. The van der Waals surface area contributed by atoms with Gasteiger partial charge in [0.15, 0.2) is 0 Å². The third kappa shape index (κ3) is 2.01. The van der Waals surface area contributed by atoms with Gasteiger partial charge >= 0.3 is 0 Å². The summed E-state index contributed by atoms with van der Waals surface area (Å²) in [4.78, 5) is 14.0. The Bertz CT molecular complexity index is 277. The van der Waals surface area contributed by atoms with Gasteiger partial charge in [-0.25, -0.2) is 0 Å². The van der Waals surface area contributed by atoms with Crippen molar-refractivity contribution in [2.45, 2.75) is 39.0 Å². The molecule has 1 saturated carbocycles. The van der Waals surface area contributed by atoms with E-state index in [9.17, 15) is 4.79 Å². The molecular formula is C12H20ClNO. The molecule has 2 nitrogen and oxygen atoms in total. The summed E-state index contributed by atoms with van der Waals surface area (Å²) >= 11 is 6.24. The van der Waals surface area contributed by atoms with Crippen LogP contribution < -0.4 is 0 Å². The lowest BCUT2D eigenvalue weighted by molar-refractivity contribution is -0.132. The van der Waals surface area contributed by atoms with E-state index < -0.39 is 0 Å². The molecule has 2 fully saturated rings. The first-order valence-corrected chi connectivity index (χ1v) is 6.32. The van der Waals surface area contributed by atoms with Crippen molar-refractivity contribution in [2.75, 3.05) is 13.1 Å². The maximum Gasteiger partial charge on any atom is 0.226 e. The van der Waals surface area contributed by atoms with E-state index in [1.165, 1.54) is 0 Å². The molecule has 0 bridgehead atoms. The van der Waals surface area contributed by atoms with Crippen molar-refractivity contribution in [3.8, 4) is 0 Å². The van der Waals surface area contributed by atoms with E-state index in [0.717, 1.165) is 25.9 Å². The summed E-state index contributed by atoms with van der Waals surface area (Å²) in [7, 11) is 0. The maximum absolute atomic E-state index is 12.1. The summed E-state index contributed by atoms with van der Waals surface area (Å²) in [6.45, 7) is 8.01. The van der Waals surface area contributed by atoms with Gasteiger partial charge in [0.05, 0.1) is 5.38 Å². The molecule has 0 N–H and O–H groups in total. The SMILES string of the molecule is CC[C@@H]1C[C@H]1C(=O)N1CC(Cl)C(C)(C)C1. The molecule has 86 valence electrons. The molecule has 3 atom stereocenters. The summed E-state index contributed by atoms with van der Waals surface area (Å²) in [6, 6.07) is 0. The molecule has 2 aliphatic rings. The highest BCUT2D eigenvalue weighted by molar-refractivity contribution is 6.21. The molecule has 0 aromatic rings. The minimum Gasteiger partial charge on any atom is -0.340 e. The Balaban J connectivity index is 1.94. The van der Waals surface area contributed by atoms with Crippen molar-refractivity contribution >= 4 is 17.5 Å². The van der Waals surface area contributed by atoms with Crippen LogP contribution in [-0.2, 0) is 4.79 Å². The second kappa shape index (κ2) is 3.65. The van der Waals surface area contributed by atoms with Crippen LogP contribution in [0, 0.1) is 17.3 Å². The van der Waals surface area contributed by atoms with E-state index in [2.05, 4.69) is 20.8 Å². The van der Waals surface area contributed by atoms with Crippen LogP contribution in [0.2, 0.25) is 0 Å². The van der Waals surface area contributed by atoms with E-state index in [4.69, 9.17) is 11.6 Å². The fourth-order valence-corrected chi connectivity index (χ4v) is 2.74. The highest BCUT2D eigenvalue weighted by atomic mass is 35.5. The predicted octanol–water partition coefficient (Wildman–Crippen LogP) is 2.51. The molecule has 0 radical (unpaired) electrons. The van der Waals surface area contributed by atoms with Crippen LogP contribution in [-0.4, -0.2) is 29.3 Å². The van der Waals surface area contributed by atoms with Gasteiger partial charge in [0.25, 0.3) is 0 Å². The Kier molecular flexibility index (Phi) is 2.74. The lowest BCUT2D eigenvalue weighted by Crippen LogP contribution is -2.31. The Labute approximate surface area is 97.0 Å². The van der Waals surface area contributed by atoms with Crippen LogP contribution in [0.3, 0.4) is 0 Å². The highest BCUT2D eigenvalue weighted by Crippen LogP contribution is 2.44. The zero-order valence-corrected chi connectivity index (χ0v) is 10.5. The second-order valence-electron chi connectivity index (χ2n) is 5.69. The second-order valence-corrected chi connectivity index (χ2v) is 6.21. The van der Waals surface area contributed by atoms with Gasteiger partial charge in [-0.3, -0.25) is 4.79 Å². The van der Waals surface area contributed by atoms with Gasteiger partial charge in [-0.15, -0.1) is 11.6 Å². The lowest BCUT2D eigenvalue weighted by Gasteiger charge is -2.20. The molecule has 1 aliphatic heterocycles. The van der Waals surface area contributed by atoms with Crippen molar-refractivity contribution in [3.05, 3.63) is 0 Å². The number of carbonyl (C=O) groups is 1. The zero-order chi connectivity index (χ0) is 11.2. The molecule has 0 aromatic heterocycles. The minimum atomic E-state index is 0.0772. The van der Waals surface area contributed by atoms with Gasteiger partial charge in [0, 0.05) is 24.4 Å². The molecule has 15 heavy (non-hydrogen) atoms. The van der Waals surface area contributed by atoms with Crippen molar-refractivity contribution < 1.29 is 4.79 Å². The van der Waals surface area contributed by atoms with Crippen molar-refractivity contribution in [3.63, 3.8) is 0 Å². The zero-order valence-electron chi connectivity index (χ0n) is 9.79. The summed E-state index contributed by atoms with van der Waals surface area (Å²) in [5.41, 5.74) is 0.0772. The van der Waals surface area contributed by atoms with Crippen LogP contribution in [0.4, 0.5) is 0 Å². The Morgan fingerprint density at radius 2 is 2.20 bits per heavy atom. The van der Waals surface area contributed by atoms with Crippen LogP contribution in [0.15, 0.2) is 0 Å². The first-order valence-electron chi connectivity index (χ1n) is 5.88. The molecule has 1 saturated heterocycles. The molecule has 2 rings (SSSR count). The number of likely N-dealkylation sites (tertiary alicyclic amines) is 1. The number of halogens is 1. The highest BCUT2D eigenvalue weighted by Gasteiger charge is 2.48. The molecule has 1 amide bonds. The Hall–Kier alpha value is -0.240. The quantitative estimate of drug-likeness (QED) is 0.667. The Morgan fingerprint density at radius 3 is 2.60 bits per heavy atom. The normalized spacial score (nSPS) is 38.1. The molecule has 1 unspecified atom stereocenters. The topological polar surface area (TPSA) is 20.3 Å².